The van der Waals surface area contributed by atoms with Gasteiger partial charge in [-0.25, -0.2) is 14.4 Å². The molecule has 30 heavy (non-hydrogen) atoms. The lowest BCUT2D eigenvalue weighted by molar-refractivity contribution is -0.148. The number of esters is 3. The molecular weight excluding hydrogens is 501 g/mol. The van der Waals surface area contributed by atoms with Gasteiger partial charge >= 0.3 is 17.9 Å². The topological polar surface area (TPSA) is 90.9 Å². The van der Waals surface area contributed by atoms with Gasteiger partial charge in [0.1, 0.15) is 5.54 Å². The molecule has 1 heterocycles. The highest BCUT2D eigenvalue weighted by Gasteiger charge is 2.45. The van der Waals surface area contributed by atoms with Gasteiger partial charge in [-0.15, -0.1) is 0 Å². The van der Waals surface area contributed by atoms with Crippen LogP contribution < -0.4 is 5.32 Å². The Balaban J connectivity index is 1.95. The van der Waals surface area contributed by atoms with Gasteiger partial charge < -0.3 is 19.5 Å². The van der Waals surface area contributed by atoms with E-state index in [1.54, 1.807) is 31.2 Å². The van der Waals surface area contributed by atoms with Crippen LogP contribution >= 0.6 is 22.6 Å². The third-order valence-electron chi connectivity index (χ3n) is 5.03. The van der Waals surface area contributed by atoms with Crippen molar-refractivity contribution in [1.82, 2.24) is 0 Å². The van der Waals surface area contributed by atoms with Gasteiger partial charge in [-0.2, -0.15) is 0 Å². The number of fused-ring (bicyclic) bond motifs is 1. The molecule has 0 spiro atoms. The van der Waals surface area contributed by atoms with Crippen molar-refractivity contribution in [1.29, 1.82) is 0 Å². The molecule has 0 saturated carbocycles. The number of benzene rings is 2. The van der Waals surface area contributed by atoms with Gasteiger partial charge in [0.15, 0.2) is 0 Å². The number of hydrogen-bond donors (Lipinski definition) is 1. The lowest BCUT2D eigenvalue weighted by atomic mass is 9.87. The molecule has 0 fully saturated rings. The van der Waals surface area contributed by atoms with E-state index in [4.69, 9.17) is 14.2 Å². The number of carbonyl (C=O) groups excluding carboxylic acids is 3. The van der Waals surface area contributed by atoms with Gasteiger partial charge in [0.25, 0.3) is 0 Å². The minimum Gasteiger partial charge on any atom is -0.465 e. The first-order valence-electron chi connectivity index (χ1n) is 9.37. The van der Waals surface area contributed by atoms with Gasteiger partial charge in [0.05, 0.1) is 32.0 Å². The molecule has 0 amide bonds. The second-order valence-corrected chi connectivity index (χ2v) is 8.10. The molecule has 3 rings (SSSR count). The number of nitrogens with one attached hydrogen (secondary N) is 1. The van der Waals surface area contributed by atoms with Crippen molar-refractivity contribution >= 4 is 46.2 Å². The summed E-state index contributed by atoms with van der Waals surface area (Å²) in [6.45, 7) is 2.02. The number of ether oxygens (including phenoxy) is 3. The average molecular weight is 523 g/mol. The zero-order chi connectivity index (χ0) is 21.9. The van der Waals surface area contributed by atoms with Gasteiger partial charge in [0, 0.05) is 22.1 Å². The highest BCUT2D eigenvalue weighted by Crippen LogP contribution is 2.37. The number of carbonyl (C=O) groups is 3. The van der Waals surface area contributed by atoms with E-state index in [0.717, 1.165) is 14.7 Å². The molecule has 158 valence electrons. The van der Waals surface area contributed by atoms with Gasteiger partial charge in [-0.1, -0.05) is 12.1 Å². The maximum atomic E-state index is 13.0. The van der Waals surface area contributed by atoms with Gasteiger partial charge in [-0.05, 0) is 64.9 Å². The highest BCUT2D eigenvalue weighted by atomic mass is 127. The van der Waals surface area contributed by atoms with Crippen molar-refractivity contribution < 1.29 is 28.6 Å². The summed E-state index contributed by atoms with van der Waals surface area (Å²) in [5.74, 6) is -1.23. The third kappa shape index (κ3) is 4.28. The van der Waals surface area contributed by atoms with Crippen LogP contribution in [0.4, 0.5) is 5.69 Å². The molecule has 2 aromatic carbocycles. The van der Waals surface area contributed by atoms with Crippen LogP contribution in [0.1, 0.15) is 38.8 Å². The van der Waals surface area contributed by atoms with Crippen LogP contribution in [0.25, 0.3) is 0 Å². The number of halogens is 1. The Labute approximate surface area is 188 Å². The van der Waals surface area contributed by atoms with Crippen LogP contribution in [-0.4, -0.2) is 44.3 Å². The maximum absolute atomic E-state index is 13.0. The van der Waals surface area contributed by atoms with Crippen LogP contribution in [0.3, 0.4) is 0 Å². The Morgan fingerprint density at radius 3 is 2.27 bits per heavy atom. The first-order valence-corrected chi connectivity index (χ1v) is 10.4. The summed E-state index contributed by atoms with van der Waals surface area (Å²) in [4.78, 5) is 36.7. The van der Waals surface area contributed by atoms with E-state index in [1.165, 1.54) is 14.2 Å². The fraction of sp³-hybridized carbons (Fsp3) is 0.318. The van der Waals surface area contributed by atoms with E-state index in [-0.39, 0.29) is 12.6 Å². The molecule has 1 unspecified atom stereocenters. The smallest absolute Gasteiger partial charge is 0.337 e. The van der Waals surface area contributed by atoms with Crippen LogP contribution in [0.5, 0.6) is 0 Å². The Kier molecular flexibility index (Phi) is 6.64. The Hall–Kier alpha value is -2.62. The molecule has 1 aliphatic rings. The number of methoxy groups -OCH3 is 2. The zero-order valence-electron chi connectivity index (χ0n) is 16.9. The molecule has 1 atom stereocenters. The van der Waals surface area contributed by atoms with E-state index in [0.29, 0.717) is 29.7 Å². The molecular formula is C22H22INO6. The lowest BCUT2D eigenvalue weighted by Gasteiger charge is -2.28. The number of anilines is 1. The van der Waals surface area contributed by atoms with E-state index in [2.05, 4.69) is 27.9 Å². The predicted molar refractivity (Wildman–Crippen MR) is 119 cm³/mol. The Morgan fingerprint density at radius 2 is 1.67 bits per heavy atom. The van der Waals surface area contributed by atoms with Crippen molar-refractivity contribution in [2.45, 2.75) is 25.3 Å². The summed E-state index contributed by atoms with van der Waals surface area (Å²) in [6.07, 6.45) is 0.769. The molecule has 7 nitrogen and oxygen atoms in total. The SMILES string of the molecule is CCOC(=O)C1(Cc2ccc(C(=O)OC)cc2I)Cc2ccc(C(=O)OC)cc2N1. The molecule has 8 heteroatoms. The van der Waals surface area contributed by atoms with Crippen molar-refractivity contribution in [3.63, 3.8) is 0 Å². The van der Waals surface area contributed by atoms with E-state index in [1.807, 2.05) is 12.1 Å². The molecule has 0 aliphatic carbocycles. The monoisotopic (exact) mass is 523 g/mol. The number of rotatable bonds is 6. The fourth-order valence-electron chi connectivity index (χ4n) is 3.55. The molecule has 0 aromatic heterocycles. The summed E-state index contributed by atoms with van der Waals surface area (Å²) in [7, 11) is 2.66. The van der Waals surface area contributed by atoms with E-state index in [9.17, 15) is 14.4 Å². The molecule has 0 saturated heterocycles. The van der Waals surface area contributed by atoms with Gasteiger partial charge in [-0.3, -0.25) is 0 Å². The zero-order valence-corrected chi connectivity index (χ0v) is 19.1. The first kappa shape index (κ1) is 22.1. The summed E-state index contributed by atoms with van der Waals surface area (Å²) >= 11 is 2.14. The van der Waals surface area contributed by atoms with E-state index >= 15 is 0 Å². The predicted octanol–water partition coefficient (Wildman–Crippen LogP) is 3.38. The largest absolute Gasteiger partial charge is 0.465 e. The minimum atomic E-state index is -1.01. The maximum Gasteiger partial charge on any atom is 0.337 e. The third-order valence-corrected chi connectivity index (χ3v) is 6.03. The summed E-state index contributed by atoms with van der Waals surface area (Å²) in [5.41, 5.74) is 2.34. The van der Waals surface area contributed by atoms with Crippen LogP contribution in [0.2, 0.25) is 0 Å². The van der Waals surface area contributed by atoms with Crippen LogP contribution in [-0.2, 0) is 31.8 Å². The second-order valence-electron chi connectivity index (χ2n) is 6.94. The summed E-state index contributed by atoms with van der Waals surface area (Å²) < 4.78 is 15.8. The van der Waals surface area contributed by atoms with Crippen LogP contribution in [0, 0.1) is 3.57 Å². The lowest BCUT2D eigenvalue weighted by Crippen LogP contribution is -2.48. The Morgan fingerprint density at radius 1 is 1.03 bits per heavy atom. The molecule has 1 N–H and O–H groups in total. The normalized spacial score (nSPS) is 16.9. The van der Waals surface area contributed by atoms with E-state index < -0.39 is 17.5 Å². The van der Waals surface area contributed by atoms with Crippen LogP contribution in [0.15, 0.2) is 36.4 Å². The summed E-state index contributed by atoms with van der Waals surface area (Å²) in [6, 6.07) is 10.4. The standard InChI is InChI=1S/C22H22INO6/c1-4-30-21(27)22(11-15-7-5-13(9-17(15)23)19(25)28-2)12-16-8-6-14(20(26)29-3)10-18(16)24-22/h5-10,24H,4,11-12H2,1-3H3. The minimum absolute atomic E-state index is 0.254. The fourth-order valence-corrected chi connectivity index (χ4v) is 4.26. The van der Waals surface area contributed by atoms with Crippen molar-refractivity contribution in [3.05, 3.63) is 62.2 Å². The molecule has 0 bridgehead atoms. The first-order chi connectivity index (χ1) is 14.3. The summed E-state index contributed by atoms with van der Waals surface area (Å²) in [5, 5.41) is 3.30. The van der Waals surface area contributed by atoms with Crippen molar-refractivity contribution in [3.8, 4) is 0 Å². The van der Waals surface area contributed by atoms with Gasteiger partial charge in [0.2, 0.25) is 0 Å². The highest BCUT2D eigenvalue weighted by molar-refractivity contribution is 14.1. The number of hydrogen-bond acceptors (Lipinski definition) is 7. The second kappa shape index (κ2) is 9.03. The Bertz CT molecular complexity index is 1010. The molecule has 0 radical (unpaired) electrons. The molecule has 2 aromatic rings. The quantitative estimate of drug-likeness (QED) is 0.353. The molecule has 1 aliphatic heterocycles. The van der Waals surface area contributed by atoms with Crippen molar-refractivity contribution in [2.24, 2.45) is 0 Å². The average Bonchev–Trinajstić information content (AvgIpc) is 3.12. The van der Waals surface area contributed by atoms with Crippen molar-refractivity contribution in [2.75, 3.05) is 26.1 Å².